The van der Waals surface area contributed by atoms with Crippen LogP contribution < -0.4 is 4.74 Å². The first-order chi connectivity index (χ1) is 13.6. The highest BCUT2D eigenvalue weighted by molar-refractivity contribution is 6.21. The monoisotopic (exact) mass is 369 g/mol. The summed E-state index contributed by atoms with van der Waals surface area (Å²) in [4.78, 5) is 40.2. The Labute approximate surface area is 161 Å². The quantitative estimate of drug-likeness (QED) is 0.404. The van der Waals surface area contributed by atoms with Crippen molar-refractivity contribution in [3.05, 3.63) is 101 Å². The lowest BCUT2D eigenvalue weighted by atomic mass is 9.75. The predicted octanol–water partition coefficient (Wildman–Crippen LogP) is 3.19. The van der Waals surface area contributed by atoms with Gasteiger partial charge in [0.25, 0.3) is 11.8 Å². The van der Waals surface area contributed by atoms with Crippen molar-refractivity contribution in [2.24, 2.45) is 0 Å². The van der Waals surface area contributed by atoms with Crippen molar-refractivity contribution < 1.29 is 19.1 Å². The van der Waals surface area contributed by atoms with E-state index < -0.39 is 23.2 Å². The lowest BCUT2D eigenvalue weighted by Gasteiger charge is -2.30. The van der Waals surface area contributed by atoms with Crippen LogP contribution in [0.3, 0.4) is 0 Å². The number of esters is 1. The molecule has 1 unspecified atom stereocenters. The lowest BCUT2D eigenvalue weighted by Crippen LogP contribution is -2.48. The molecule has 2 amide bonds. The van der Waals surface area contributed by atoms with Gasteiger partial charge < -0.3 is 4.74 Å². The van der Waals surface area contributed by atoms with Gasteiger partial charge >= 0.3 is 5.97 Å². The molecule has 2 aliphatic heterocycles. The lowest BCUT2D eigenvalue weighted by molar-refractivity contribution is -0.137. The highest BCUT2D eigenvalue weighted by Gasteiger charge is 2.54. The van der Waals surface area contributed by atoms with Crippen molar-refractivity contribution in [3.8, 4) is 5.75 Å². The van der Waals surface area contributed by atoms with E-state index in [2.05, 4.69) is 0 Å². The number of amides is 2. The summed E-state index contributed by atoms with van der Waals surface area (Å²) < 4.78 is 5.55. The smallest absolute Gasteiger partial charge is 0.328 e. The Morgan fingerprint density at radius 2 is 1.29 bits per heavy atom. The third-order valence-corrected chi connectivity index (χ3v) is 5.44. The van der Waals surface area contributed by atoms with Gasteiger partial charge in [-0.05, 0) is 23.8 Å². The SMILES string of the molecule is O=C1c2ccccc2C(=O)N1CC1(c2ccccc2)C(=O)Oc2ccccc21. The molecule has 0 radical (unpaired) electrons. The van der Waals surface area contributed by atoms with E-state index in [4.69, 9.17) is 4.74 Å². The maximum absolute atomic E-state index is 13.2. The molecule has 0 N–H and O–H groups in total. The molecule has 5 rings (SSSR count). The number of carbonyl (C=O) groups excluding carboxylic acids is 3. The molecule has 0 bridgehead atoms. The minimum atomic E-state index is -1.26. The van der Waals surface area contributed by atoms with E-state index >= 15 is 0 Å². The summed E-state index contributed by atoms with van der Waals surface area (Å²) in [5.74, 6) is -0.828. The van der Waals surface area contributed by atoms with E-state index in [0.29, 0.717) is 28.0 Å². The van der Waals surface area contributed by atoms with Gasteiger partial charge in [0.05, 0.1) is 17.7 Å². The number of carbonyl (C=O) groups is 3. The van der Waals surface area contributed by atoms with Crippen LogP contribution in [-0.4, -0.2) is 29.2 Å². The number of hydrogen-bond donors (Lipinski definition) is 0. The molecule has 3 aromatic carbocycles. The van der Waals surface area contributed by atoms with Crippen LogP contribution in [0.15, 0.2) is 78.9 Å². The minimum absolute atomic E-state index is 0.112. The average molecular weight is 369 g/mol. The third kappa shape index (κ3) is 2.10. The molecule has 28 heavy (non-hydrogen) atoms. The number of imide groups is 1. The molecule has 5 nitrogen and oxygen atoms in total. The summed E-state index contributed by atoms with van der Waals surface area (Å²) in [6.07, 6.45) is 0. The topological polar surface area (TPSA) is 63.7 Å². The number of hydrogen-bond acceptors (Lipinski definition) is 4. The fourth-order valence-electron chi connectivity index (χ4n) is 4.06. The van der Waals surface area contributed by atoms with Gasteiger partial charge in [-0.2, -0.15) is 0 Å². The van der Waals surface area contributed by atoms with Gasteiger partial charge in [-0.25, -0.2) is 0 Å². The van der Waals surface area contributed by atoms with Crippen molar-refractivity contribution >= 4 is 17.8 Å². The van der Waals surface area contributed by atoms with Gasteiger partial charge in [-0.15, -0.1) is 0 Å². The van der Waals surface area contributed by atoms with Crippen molar-refractivity contribution in [1.82, 2.24) is 4.90 Å². The molecular formula is C23H15NO4. The summed E-state index contributed by atoms with van der Waals surface area (Å²) in [5, 5.41) is 0. The molecule has 2 aliphatic rings. The van der Waals surface area contributed by atoms with Crippen LogP contribution in [0, 0.1) is 0 Å². The zero-order chi connectivity index (χ0) is 19.3. The van der Waals surface area contributed by atoms with E-state index in [9.17, 15) is 14.4 Å². The molecule has 0 saturated carbocycles. The molecule has 5 heteroatoms. The molecular weight excluding hydrogens is 354 g/mol. The van der Waals surface area contributed by atoms with E-state index in [0.717, 1.165) is 4.90 Å². The zero-order valence-electron chi connectivity index (χ0n) is 14.8. The molecule has 136 valence electrons. The standard InChI is InChI=1S/C23H15NO4/c25-20-16-10-4-5-11-17(16)21(26)24(20)14-23(15-8-2-1-3-9-15)18-12-6-7-13-19(18)28-22(23)27/h1-13H,14H2. The minimum Gasteiger partial charge on any atom is -0.425 e. The zero-order valence-corrected chi connectivity index (χ0v) is 14.8. The highest BCUT2D eigenvalue weighted by atomic mass is 16.5. The van der Waals surface area contributed by atoms with Gasteiger partial charge in [0.2, 0.25) is 0 Å². The Kier molecular flexibility index (Phi) is 3.46. The molecule has 2 heterocycles. The van der Waals surface area contributed by atoms with E-state index in [1.165, 1.54) is 0 Å². The first-order valence-electron chi connectivity index (χ1n) is 8.95. The summed E-state index contributed by atoms with van der Waals surface area (Å²) in [7, 11) is 0. The van der Waals surface area contributed by atoms with Crippen LogP contribution in [-0.2, 0) is 10.2 Å². The van der Waals surface area contributed by atoms with Gasteiger partial charge in [0.1, 0.15) is 11.2 Å². The summed E-state index contributed by atoms with van der Waals surface area (Å²) in [6.45, 7) is -0.112. The first-order valence-corrected chi connectivity index (χ1v) is 8.95. The second-order valence-electron chi connectivity index (χ2n) is 6.90. The van der Waals surface area contributed by atoms with Crippen LogP contribution >= 0.6 is 0 Å². The summed E-state index contributed by atoms with van der Waals surface area (Å²) in [6, 6.07) is 23.0. The van der Waals surface area contributed by atoms with Crippen LogP contribution in [0.25, 0.3) is 0 Å². The van der Waals surface area contributed by atoms with E-state index in [1.807, 2.05) is 42.5 Å². The molecule has 0 fully saturated rings. The van der Waals surface area contributed by atoms with Gasteiger partial charge in [-0.1, -0.05) is 60.7 Å². The molecule has 0 spiro atoms. The van der Waals surface area contributed by atoms with E-state index in [1.54, 1.807) is 36.4 Å². The Bertz CT molecular complexity index is 1100. The second-order valence-corrected chi connectivity index (χ2v) is 6.90. The fourth-order valence-corrected chi connectivity index (χ4v) is 4.06. The molecule has 3 aromatic rings. The van der Waals surface area contributed by atoms with Crippen LogP contribution in [0.5, 0.6) is 5.75 Å². The second kappa shape index (κ2) is 5.89. The van der Waals surface area contributed by atoms with Gasteiger partial charge in [-0.3, -0.25) is 19.3 Å². The Morgan fingerprint density at radius 1 is 0.714 bits per heavy atom. The third-order valence-electron chi connectivity index (χ3n) is 5.44. The summed E-state index contributed by atoms with van der Waals surface area (Å²) in [5.41, 5.74) is 0.792. The number of para-hydroxylation sites is 1. The van der Waals surface area contributed by atoms with Crippen molar-refractivity contribution in [2.45, 2.75) is 5.41 Å². The van der Waals surface area contributed by atoms with Crippen LogP contribution in [0.4, 0.5) is 0 Å². The number of benzene rings is 3. The Morgan fingerprint density at radius 3 is 1.96 bits per heavy atom. The molecule has 0 aromatic heterocycles. The van der Waals surface area contributed by atoms with Crippen molar-refractivity contribution in [3.63, 3.8) is 0 Å². The maximum atomic E-state index is 13.2. The largest absolute Gasteiger partial charge is 0.425 e. The number of fused-ring (bicyclic) bond motifs is 2. The fraction of sp³-hybridized carbons (Fsp3) is 0.0870. The number of nitrogens with zero attached hydrogens (tertiary/aromatic N) is 1. The van der Waals surface area contributed by atoms with E-state index in [-0.39, 0.29) is 6.54 Å². The molecule has 0 saturated heterocycles. The van der Waals surface area contributed by atoms with Crippen molar-refractivity contribution in [2.75, 3.05) is 6.54 Å². The van der Waals surface area contributed by atoms with Crippen LogP contribution in [0.1, 0.15) is 31.8 Å². The Hall–Kier alpha value is -3.73. The Balaban J connectivity index is 1.68. The van der Waals surface area contributed by atoms with Gasteiger partial charge in [0.15, 0.2) is 0 Å². The predicted molar refractivity (Wildman–Crippen MR) is 101 cm³/mol. The van der Waals surface area contributed by atoms with Crippen LogP contribution in [0.2, 0.25) is 0 Å². The first kappa shape index (κ1) is 16.4. The summed E-state index contributed by atoms with van der Waals surface area (Å²) >= 11 is 0. The number of rotatable bonds is 3. The van der Waals surface area contributed by atoms with Crippen molar-refractivity contribution in [1.29, 1.82) is 0 Å². The molecule has 0 aliphatic carbocycles. The maximum Gasteiger partial charge on any atom is 0.328 e. The normalized spacial score (nSPS) is 20.1. The van der Waals surface area contributed by atoms with Gasteiger partial charge in [0, 0.05) is 5.56 Å². The average Bonchev–Trinajstić information content (AvgIpc) is 3.16. The molecule has 1 atom stereocenters. The number of ether oxygens (including phenoxy) is 1. The highest BCUT2D eigenvalue weighted by Crippen LogP contribution is 2.45.